The van der Waals surface area contributed by atoms with E-state index in [2.05, 4.69) is 0 Å². The van der Waals surface area contributed by atoms with Gasteiger partial charge in [-0.3, -0.25) is 9.59 Å². The average Bonchev–Trinajstić information content (AvgIpc) is 2.43. The number of ether oxygens (including phenoxy) is 1. The Morgan fingerprint density at radius 3 is 2.04 bits per heavy atom. The molecule has 1 rings (SSSR count). The molecule has 2 unspecified atom stereocenters. The molecule has 0 spiro atoms. The summed E-state index contributed by atoms with van der Waals surface area (Å²) in [5.41, 5.74) is -1.81. The van der Waals surface area contributed by atoms with Gasteiger partial charge in [0.2, 0.25) is 0 Å². The van der Waals surface area contributed by atoms with Gasteiger partial charge in [0.1, 0.15) is 6.10 Å². The summed E-state index contributed by atoms with van der Waals surface area (Å²) in [5.74, 6) is -1.85. The summed E-state index contributed by atoms with van der Waals surface area (Å²) in [5, 5.41) is 20.8. The molecule has 2 N–H and O–H groups in total. The summed E-state index contributed by atoms with van der Waals surface area (Å²) in [6, 6.07) is 0. The standard InChI is InChI=1S/C18H33NO5.Li/c1-8-18(7,9-12(2)14(20)21)15(22)24-13-10-16(3,4)19(23)17(5,6)11-13;/h12-13,23H,8-11H2,1-7H3,(H,20,21);/q;+1. The minimum Gasteiger partial charge on any atom is -0.481 e. The predicted molar refractivity (Wildman–Crippen MR) is 90.7 cm³/mol. The number of carbonyl (C=O) groups excluding carboxylic acids is 1. The third-order valence-electron chi connectivity index (χ3n) is 5.33. The number of carboxylic acid groups (broad SMARTS) is 1. The molecular weight excluding hydrogens is 317 g/mol. The van der Waals surface area contributed by atoms with Crippen LogP contribution >= 0.6 is 0 Å². The zero-order valence-corrected chi connectivity index (χ0v) is 17.0. The van der Waals surface area contributed by atoms with Crippen LogP contribution in [0.5, 0.6) is 0 Å². The Morgan fingerprint density at radius 1 is 1.24 bits per heavy atom. The van der Waals surface area contributed by atoms with Gasteiger partial charge in [-0.05, 0) is 47.5 Å². The van der Waals surface area contributed by atoms with Crippen LogP contribution in [0.4, 0.5) is 0 Å². The van der Waals surface area contributed by atoms with E-state index in [1.54, 1.807) is 13.8 Å². The molecule has 1 aliphatic heterocycles. The van der Waals surface area contributed by atoms with Gasteiger partial charge >= 0.3 is 30.8 Å². The van der Waals surface area contributed by atoms with E-state index in [1.807, 2.05) is 34.6 Å². The monoisotopic (exact) mass is 350 g/mol. The normalized spacial score (nSPS) is 23.8. The van der Waals surface area contributed by atoms with Gasteiger partial charge in [0.05, 0.1) is 11.3 Å². The van der Waals surface area contributed by atoms with Crippen LogP contribution in [-0.2, 0) is 14.3 Å². The number of piperidine rings is 1. The average molecular weight is 350 g/mol. The summed E-state index contributed by atoms with van der Waals surface area (Å²) in [6.07, 6.45) is 1.55. The molecule has 140 valence electrons. The molecule has 1 aliphatic rings. The summed E-state index contributed by atoms with van der Waals surface area (Å²) in [6.45, 7) is 12.9. The van der Waals surface area contributed by atoms with Gasteiger partial charge in [-0.15, -0.1) is 0 Å². The Morgan fingerprint density at radius 2 is 1.68 bits per heavy atom. The molecule has 7 heteroatoms. The van der Waals surface area contributed by atoms with Crippen LogP contribution < -0.4 is 18.9 Å². The molecule has 0 saturated carbocycles. The van der Waals surface area contributed by atoms with E-state index in [9.17, 15) is 14.8 Å². The van der Waals surface area contributed by atoms with Crippen molar-refractivity contribution in [1.82, 2.24) is 5.06 Å². The maximum Gasteiger partial charge on any atom is 1.00 e. The van der Waals surface area contributed by atoms with Crippen LogP contribution in [0.15, 0.2) is 0 Å². The molecule has 1 saturated heterocycles. The topological polar surface area (TPSA) is 87.1 Å². The van der Waals surface area contributed by atoms with Crippen molar-refractivity contribution in [1.29, 1.82) is 0 Å². The van der Waals surface area contributed by atoms with E-state index < -0.39 is 28.4 Å². The summed E-state index contributed by atoms with van der Waals surface area (Å²) in [4.78, 5) is 23.9. The first-order valence-corrected chi connectivity index (χ1v) is 8.68. The fraction of sp³-hybridized carbons (Fsp3) is 0.889. The SMILES string of the molecule is CCC(C)(CC(C)C(=O)O)C(=O)OC1CC(C)(C)N(O)C(C)(C)C1.[Li+]. The van der Waals surface area contributed by atoms with Crippen molar-refractivity contribution in [3.8, 4) is 0 Å². The van der Waals surface area contributed by atoms with Crippen molar-refractivity contribution in [2.45, 2.75) is 91.3 Å². The number of aliphatic carboxylic acids is 1. The molecule has 0 radical (unpaired) electrons. The number of esters is 1. The molecule has 0 bridgehead atoms. The fourth-order valence-corrected chi connectivity index (χ4v) is 3.69. The maximum absolute atomic E-state index is 12.7. The number of rotatable bonds is 6. The van der Waals surface area contributed by atoms with Crippen molar-refractivity contribution in [2.75, 3.05) is 0 Å². The predicted octanol–water partition coefficient (Wildman–Crippen LogP) is 0.472. The Labute approximate surface area is 163 Å². The minimum absolute atomic E-state index is 0. The Hall–Kier alpha value is -0.543. The molecule has 1 heterocycles. The summed E-state index contributed by atoms with van der Waals surface area (Å²) in [7, 11) is 0. The molecule has 2 atom stereocenters. The van der Waals surface area contributed by atoms with Crippen LogP contribution in [0.3, 0.4) is 0 Å². The van der Waals surface area contributed by atoms with Crippen molar-refractivity contribution in [3.05, 3.63) is 0 Å². The first-order valence-electron chi connectivity index (χ1n) is 8.68. The Kier molecular flexibility index (Phi) is 8.25. The number of hydrogen-bond acceptors (Lipinski definition) is 5. The second-order valence-electron chi connectivity index (χ2n) is 8.73. The van der Waals surface area contributed by atoms with Crippen LogP contribution in [0.1, 0.15) is 74.1 Å². The van der Waals surface area contributed by atoms with Crippen LogP contribution in [0.2, 0.25) is 0 Å². The zero-order chi connectivity index (χ0) is 18.9. The molecular formula is C18H33LiNO5+. The Bertz CT molecular complexity index is 476. The molecule has 6 nitrogen and oxygen atoms in total. The number of carbonyl (C=O) groups is 2. The van der Waals surface area contributed by atoms with E-state index in [0.717, 1.165) is 0 Å². The van der Waals surface area contributed by atoms with E-state index in [-0.39, 0.29) is 37.4 Å². The summed E-state index contributed by atoms with van der Waals surface area (Å²) >= 11 is 0. The minimum atomic E-state index is -0.904. The smallest absolute Gasteiger partial charge is 0.481 e. The molecule has 25 heavy (non-hydrogen) atoms. The first-order chi connectivity index (χ1) is 10.7. The third kappa shape index (κ3) is 5.72. The number of hydroxylamine groups is 2. The zero-order valence-electron chi connectivity index (χ0n) is 17.0. The van der Waals surface area contributed by atoms with Gasteiger partial charge < -0.3 is 15.1 Å². The summed E-state index contributed by atoms with van der Waals surface area (Å²) < 4.78 is 5.78. The molecule has 0 aromatic carbocycles. The first kappa shape index (κ1) is 24.5. The number of hydrogen-bond donors (Lipinski definition) is 2. The van der Waals surface area contributed by atoms with Gasteiger partial charge in [0.15, 0.2) is 0 Å². The van der Waals surface area contributed by atoms with E-state index in [0.29, 0.717) is 19.3 Å². The van der Waals surface area contributed by atoms with E-state index in [1.165, 1.54) is 5.06 Å². The van der Waals surface area contributed by atoms with Gasteiger partial charge in [-0.25, -0.2) is 0 Å². The van der Waals surface area contributed by atoms with Crippen molar-refractivity contribution in [3.63, 3.8) is 0 Å². The van der Waals surface area contributed by atoms with Crippen LogP contribution in [0, 0.1) is 11.3 Å². The molecule has 0 aromatic heterocycles. The van der Waals surface area contributed by atoms with Gasteiger partial charge in [-0.1, -0.05) is 13.8 Å². The Balaban J connectivity index is 0.00000576. The molecule has 1 fully saturated rings. The molecule has 0 aliphatic carbocycles. The van der Waals surface area contributed by atoms with Gasteiger partial charge in [0, 0.05) is 23.9 Å². The van der Waals surface area contributed by atoms with Crippen molar-refractivity contribution >= 4 is 11.9 Å². The van der Waals surface area contributed by atoms with Crippen molar-refractivity contribution in [2.24, 2.45) is 11.3 Å². The number of carboxylic acids is 1. The molecule has 0 aromatic rings. The molecule has 0 amide bonds. The fourth-order valence-electron chi connectivity index (χ4n) is 3.69. The third-order valence-corrected chi connectivity index (χ3v) is 5.33. The number of nitrogens with zero attached hydrogens (tertiary/aromatic N) is 1. The quantitative estimate of drug-likeness (QED) is 0.535. The van der Waals surface area contributed by atoms with Gasteiger partial charge in [-0.2, -0.15) is 5.06 Å². The van der Waals surface area contributed by atoms with Crippen LogP contribution in [0.25, 0.3) is 0 Å². The largest absolute Gasteiger partial charge is 1.00 e. The van der Waals surface area contributed by atoms with Crippen LogP contribution in [-0.4, -0.2) is 44.5 Å². The van der Waals surface area contributed by atoms with Gasteiger partial charge in [0.25, 0.3) is 0 Å². The van der Waals surface area contributed by atoms with Crippen molar-refractivity contribution < 1.29 is 43.5 Å². The van der Waals surface area contributed by atoms with E-state index in [4.69, 9.17) is 9.84 Å². The second kappa shape index (κ2) is 8.43. The van der Waals surface area contributed by atoms with E-state index >= 15 is 0 Å². The maximum atomic E-state index is 12.7. The second-order valence-corrected chi connectivity index (χ2v) is 8.73.